The Balaban J connectivity index is 1.68. The normalized spacial score (nSPS) is 19.7. The summed E-state index contributed by atoms with van der Waals surface area (Å²) in [4.78, 5) is 31.3. The third kappa shape index (κ3) is 4.31. The molecule has 0 aliphatic carbocycles. The van der Waals surface area contributed by atoms with Gasteiger partial charge < -0.3 is 15.0 Å². The van der Waals surface area contributed by atoms with Crippen LogP contribution in [-0.4, -0.2) is 52.8 Å². The Kier molecular flexibility index (Phi) is 4.93. The molecule has 1 N–H and O–H groups in total. The van der Waals surface area contributed by atoms with Crippen LogP contribution < -0.4 is 10.2 Å². The molecule has 1 aromatic rings. The van der Waals surface area contributed by atoms with Gasteiger partial charge in [-0.3, -0.25) is 4.90 Å². The summed E-state index contributed by atoms with van der Waals surface area (Å²) in [6.07, 6.45) is -2.92. The van der Waals surface area contributed by atoms with E-state index in [0.717, 1.165) is 18.3 Å². The van der Waals surface area contributed by atoms with E-state index in [0.29, 0.717) is 25.9 Å². The average Bonchev–Trinajstić information content (AvgIpc) is 2.89. The van der Waals surface area contributed by atoms with E-state index in [2.05, 4.69) is 10.3 Å². The molecule has 2 aliphatic heterocycles. The Labute approximate surface area is 160 Å². The van der Waals surface area contributed by atoms with Gasteiger partial charge in [0.15, 0.2) is 0 Å². The molecule has 0 bridgehead atoms. The minimum atomic E-state index is -4.51. The molecule has 0 unspecified atom stereocenters. The van der Waals surface area contributed by atoms with Crippen LogP contribution in [-0.2, 0) is 10.9 Å². The molecule has 0 aromatic carbocycles. The highest BCUT2D eigenvalue weighted by molar-refractivity contribution is 5.94. The zero-order valence-electron chi connectivity index (χ0n) is 16.0. The zero-order valence-corrected chi connectivity index (χ0v) is 16.0. The van der Waals surface area contributed by atoms with Crippen LogP contribution in [0.1, 0.15) is 39.2 Å². The molecule has 28 heavy (non-hydrogen) atoms. The fraction of sp³-hybridized carbons (Fsp3) is 0.611. The molecule has 3 rings (SSSR count). The maximum Gasteiger partial charge on any atom is 0.416 e. The number of pyridine rings is 1. The molecule has 10 heteroatoms. The molecule has 2 aliphatic rings. The van der Waals surface area contributed by atoms with E-state index in [1.54, 1.807) is 25.7 Å². The lowest BCUT2D eigenvalue weighted by molar-refractivity contribution is -0.137. The van der Waals surface area contributed by atoms with Crippen molar-refractivity contribution in [1.82, 2.24) is 15.2 Å². The number of hydrogen-bond donors (Lipinski definition) is 1. The van der Waals surface area contributed by atoms with Crippen molar-refractivity contribution in [2.45, 2.75) is 50.9 Å². The van der Waals surface area contributed by atoms with Crippen LogP contribution in [0.5, 0.6) is 0 Å². The monoisotopic (exact) mass is 400 g/mol. The molecule has 0 radical (unpaired) electrons. The molecule has 2 saturated heterocycles. The number of nitrogens with one attached hydrogen (secondary N) is 1. The molecular formula is C18H23F3N4O3. The van der Waals surface area contributed by atoms with Crippen LogP contribution in [0.3, 0.4) is 0 Å². The number of rotatable bonds is 1. The van der Waals surface area contributed by atoms with Gasteiger partial charge in [0.25, 0.3) is 0 Å². The number of hydrogen-bond acceptors (Lipinski definition) is 4. The van der Waals surface area contributed by atoms with E-state index >= 15 is 0 Å². The molecule has 2 fully saturated rings. The number of anilines is 1. The van der Waals surface area contributed by atoms with Gasteiger partial charge in [-0.05, 0) is 45.7 Å². The Morgan fingerprint density at radius 2 is 1.89 bits per heavy atom. The standard InChI is InChI=1S/C18H23F3N4O3/c1-16(2,3)28-15(27)24-8-5-17(6-9-24)11-25(14(26)23-17)13-10-12(4-7-22-13)18(19,20)21/h4,7,10H,5-6,8-9,11H2,1-3H3,(H,23,26). The van der Waals surface area contributed by atoms with E-state index in [1.165, 1.54) is 4.90 Å². The minimum absolute atomic E-state index is 0.0428. The Morgan fingerprint density at radius 1 is 1.25 bits per heavy atom. The lowest BCUT2D eigenvalue weighted by Crippen LogP contribution is -2.54. The van der Waals surface area contributed by atoms with Gasteiger partial charge in [0, 0.05) is 19.3 Å². The number of nitrogens with zero attached hydrogens (tertiary/aromatic N) is 3. The number of carbonyl (C=O) groups excluding carboxylic acids is 2. The van der Waals surface area contributed by atoms with Gasteiger partial charge in [-0.15, -0.1) is 0 Å². The minimum Gasteiger partial charge on any atom is -0.444 e. The Morgan fingerprint density at radius 3 is 2.46 bits per heavy atom. The van der Waals surface area contributed by atoms with Gasteiger partial charge in [0.05, 0.1) is 17.6 Å². The number of likely N-dealkylation sites (tertiary alicyclic amines) is 1. The number of amides is 3. The second-order valence-corrected chi connectivity index (χ2v) is 8.16. The number of ether oxygens (including phenoxy) is 1. The Hall–Kier alpha value is -2.52. The Bertz CT molecular complexity index is 768. The molecule has 0 atom stereocenters. The SMILES string of the molecule is CC(C)(C)OC(=O)N1CCC2(CC1)CN(c1cc(C(F)(F)F)ccn1)C(=O)N2. The van der Waals surface area contributed by atoms with Crippen LogP contribution in [0.4, 0.5) is 28.6 Å². The van der Waals surface area contributed by atoms with E-state index in [1.807, 2.05) is 0 Å². The molecule has 3 amide bonds. The van der Waals surface area contributed by atoms with Crippen LogP contribution in [0.15, 0.2) is 18.3 Å². The number of carbonyl (C=O) groups is 2. The van der Waals surface area contributed by atoms with Crippen molar-refractivity contribution < 1.29 is 27.5 Å². The highest BCUT2D eigenvalue weighted by Gasteiger charge is 2.46. The predicted octanol–water partition coefficient (Wildman–Crippen LogP) is 3.40. The van der Waals surface area contributed by atoms with E-state index in [4.69, 9.17) is 4.74 Å². The van der Waals surface area contributed by atoms with Crippen LogP contribution in [0, 0.1) is 0 Å². The molecule has 7 nitrogen and oxygen atoms in total. The molecule has 154 valence electrons. The van der Waals surface area contributed by atoms with E-state index in [-0.39, 0.29) is 12.4 Å². The molecule has 0 saturated carbocycles. The lowest BCUT2D eigenvalue weighted by atomic mass is 9.88. The van der Waals surface area contributed by atoms with Gasteiger partial charge >= 0.3 is 18.3 Å². The molecular weight excluding hydrogens is 377 g/mol. The van der Waals surface area contributed by atoms with Crippen molar-refractivity contribution in [2.24, 2.45) is 0 Å². The first kappa shape index (κ1) is 20.2. The fourth-order valence-electron chi connectivity index (χ4n) is 3.36. The van der Waals surface area contributed by atoms with Gasteiger partial charge in [-0.1, -0.05) is 0 Å². The first-order valence-corrected chi connectivity index (χ1v) is 8.99. The molecule has 3 heterocycles. The number of aromatic nitrogens is 1. The zero-order chi connectivity index (χ0) is 20.7. The summed E-state index contributed by atoms with van der Waals surface area (Å²) in [6.45, 7) is 6.33. The third-order valence-corrected chi connectivity index (χ3v) is 4.80. The number of alkyl halides is 3. The highest BCUT2D eigenvalue weighted by atomic mass is 19.4. The van der Waals surface area contributed by atoms with E-state index in [9.17, 15) is 22.8 Å². The van der Waals surface area contributed by atoms with Crippen molar-refractivity contribution >= 4 is 17.9 Å². The highest BCUT2D eigenvalue weighted by Crippen LogP contribution is 2.34. The van der Waals surface area contributed by atoms with Gasteiger partial charge in [-0.25, -0.2) is 14.6 Å². The first-order valence-electron chi connectivity index (χ1n) is 8.99. The maximum absolute atomic E-state index is 12.9. The number of urea groups is 1. The van der Waals surface area contributed by atoms with Crippen LogP contribution in [0.25, 0.3) is 0 Å². The van der Waals surface area contributed by atoms with E-state index < -0.39 is 35.0 Å². The second kappa shape index (κ2) is 6.82. The summed E-state index contributed by atoms with van der Waals surface area (Å²) >= 11 is 0. The van der Waals surface area contributed by atoms with Crippen molar-refractivity contribution in [3.63, 3.8) is 0 Å². The largest absolute Gasteiger partial charge is 0.444 e. The van der Waals surface area contributed by atoms with Crippen molar-refractivity contribution in [2.75, 3.05) is 24.5 Å². The summed E-state index contributed by atoms with van der Waals surface area (Å²) in [5.74, 6) is -0.0428. The van der Waals surface area contributed by atoms with Crippen molar-refractivity contribution in [3.05, 3.63) is 23.9 Å². The number of halogens is 3. The van der Waals surface area contributed by atoms with Gasteiger partial charge in [0.1, 0.15) is 11.4 Å². The van der Waals surface area contributed by atoms with Crippen LogP contribution >= 0.6 is 0 Å². The summed E-state index contributed by atoms with van der Waals surface area (Å²) < 4.78 is 44.2. The quantitative estimate of drug-likeness (QED) is 0.784. The molecule has 1 aromatic heterocycles. The molecule has 1 spiro atoms. The first-order chi connectivity index (χ1) is 12.9. The summed E-state index contributed by atoms with van der Waals surface area (Å²) in [5.41, 5.74) is -2.06. The smallest absolute Gasteiger partial charge is 0.416 e. The summed E-state index contributed by atoms with van der Waals surface area (Å²) in [7, 11) is 0. The third-order valence-electron chi connectivity index (χ3n) is 4.80. The summed E-state index contributed by atoms with van der Waals surface area (Å²) in [6, 6.07) is 1.25. The number of piperidine rings is 1. The lowest BCUT2D eigenvalue weighted by Gasteiger charge is -2.39. The summed E-state index contributed by atoms with van der Waals surface area (Å²) in [5, 5.41) is 2.87. The van der Waals surface area contributed by atoms with Crippen molar-refractivity contribution in [1.29, 1.82) is 0 Å². The fourth-order valence-corrected chi connectivity index (χ4v) is 3.36. The average molecular weight is 400 g/mol. The van der Waals surface area contributed by atoms with Gasteiger partial charge in [-0.2, -0.15) is 13.2 Å². The van der Waals surface area contributed by atoms with Crippen molar-refractivity contribution in [3.8, 4) is 0 Å². The van der Waals surface area contributed by atoms with Gasteiger partial charge in [0.2, 0.25) is 0 Å². The topological polar surface area (TPSA) is 74.8 Å². The maximum atomic E-state index is 12.9. The second-order valence-electron chi connectivity index (χ2n) is 8.16. The predicted molar refractivity (Wildman–Crippen MR) is 94.9 cm³/mol. The van der Waals surface area contributed by atoms with Crippen LogP contribution in [0.2, 0.25) is 0 Å².